The summed E-state index contributed by atoms with van der Waals surface area (Å²) in [6.45, 7) is 6.53. The van der Waals surface area contributed by atoms with Crippen molar-refractivity contribution in [1.82, 2.24) is 0 Å². The van der Waals surface area contributed by atoms with Crippen molar-refractivity contribution >= 4 is 5.71 Å². The molecule has 2 nitrogen and oxygen atoms in total. The molecule has 0 aliphatic rings. The highest BCUT2D eigenvalue weighted by atomic mass is 16.4. The second-order valence-corrected chi connectivity index (χ2v) is 4.78. The molecule has 0 radical (unpaired) electrons. The predicted molar refractivity (Wildman–Crippen MR) is 73.0 cm³/mol. The molecule has 0 aromatic heterocycles. The molecule has 0 saturated heterocycles. The van der Waals surface area contributed by atoms with Gasteiger partial charge in [-0.15, -0.1) is 0 Å². The molecule has 1 N–H and O–H groups in total. The smallest absolute Gasteiger partial charge is 0.0867 e. The maximum Gasteiger partial charge on any atom is 0.0867 e. The van der Waals surface area contributed by atoms with Crippen LogP contribution >= 0.6 is 0 Å². The maximum absolute atomic E-state index is 9.05. The fourth-order valence-corrected chi connectivity index (χ4v) is 1.85. The van der Waals surface area contributed by atoms with E-state index < -0.39 is 0 Å². The van der Waals surface area contributed by atoms with Crippen molar-refractivity contribution in [3.05, 3.63) is 35.4 Å². The summed E-state index contributed by atoms with van der Waals surface area (Å²) in [6, 6.07) is 8.34. The Kier molecular flexibility index (Phi) is 5.75. The third-order valence-electron chi connectivity index (χ3n) is 3.05. The summed E-state index contributed by atoms with van der Waals surface area (Å²) < 4.78 is 0. The van der Waals surface area contributed by atoms with Crippen molar-refractivity contribution in [1.29, 1.82) is 0 Å². The van der Waals surface area contributed by atoms with E-state index in [0.717, 1.165) is 24.1 Å². The molecular weight excluding hydrogens is 210 g/mol. The Balaban J connectivity index is 2.69. The van der Waals surface area contributed by atoms with E-state index in [1.54, 1.807) is 0 Å². The summed E-state index contributed by atoms with van der Waals surface area (Å²) in [5.41, 5.74) is 3.15. The van der Waals surface area contributed by atoms with E-state index >= 15 is 0 Å². The van der Waals surface area contributed by atoms with Crippen molar-refractivity contribution in [2.24, 2.45) is 5.16 Å². The van der Waals surface area contributed by atoms with Gasteiger partial charge in [-0.25, -0.2) is 0 Å². The number of unbranched alkanes of at least 4 members (excludes halogenated alkanes) is 2. The van der Waals surface area contributed by atoms with E-state index in [9.17, 15) is 0 Å². The largest absolute Gasteiger partial charge is 0.411 e. The van der Waals surface area contributed by atoms with E-state index in [-0.39, 0.29) is 0 Å². The minimum absolute atomic E-state index is 0.540. The normalized spacial score (nSPS) is 12.1. The second-order valence-electron chi connectivity index (χ2n) is 4.78. The molecule has 94 valence electrons. The molecule has 0 amide bonds. The number of hydrogen-bond acceptors (Lipinski definition) is 2. The van der Waals surface area contributed by atoms with Crippen LogP contribution in [-0.2, 0) is 0 Å². The number of rotatable bonds is 6. The van der Waals surface area contributed by atoms with Crippen LogP contribution in [0.3, 0.4) is 0 Å². The lowest BCUT2D eigenvalue weighted by molar-refractivity contribution is 0.317. The zero-order valence-corrected chi connectivity index (χ0v) is 11.1. The molecule has 0 heterocycles. The van der Waals surface area contributed by atoms with Crippen LogP contribution in [-0.4, -0.2) is 10.9 Å². The van der Waals surface area contributed by atoms with Gasteiger partial charge in [-0.05, 0) is 29.9 Å². The fraction of sp³-hybridized carbons (Fsp3) is 0.533. The lowest BCUT2D eigenvalue weighted by atomic mass is 9.98. The van der Waals surface area contributed by atoms with E-state index in [0.29, 0.717) is 5.92 Å². The lowest BCUT2D eigenvalue weighted by Gasteiger charge is -2.08. The summed E-state index contributed by atoms with van der Waals surface area (Å²) in [5.74, 6) is 0.540. The Bertz CT molecular complexity index is 352. The van der Waals surface area contributed by atoms with Crippen LogP contribution in [0.1, 0.15) is 63.5 Å². The molecule has 0 fully saturated rings. The topological polar surface area (TPSA) is 32.6 Å². The van der Waals surface area contributed by atoms with Crippen LogP contribution in [0.4, 0.5) is 0 Å². The molecule has 0 spiro atoms. The Morgan fingerprint density at radius 1 is 1.18 bits per heavy atom. The number of hydrogen-bond donors (Lipinski definition) is 1. The zero-order valence-electron chi connectivity index (χ0n) is 11.1. The molecule has 0 aliphatic heterocycles. The molecule has 0 unspecified atom stereocenters. The van der Waals surface area contributed by atoms with Gasteiger partial charge >= 0.3 is 0 Å². The maximum atomic E-state index is 9.05. The van der Waals surface area contributed by atoms with Gasteiger partial charge in [0.1, 0.15) is 0 Å². The van der Waals surface area contributed by atoms with Gasteiger partial charge in [0.2, 0.25) is 0 Å². The van der Waals surface area contributed by atoms with Crippen LogP contribution in [0.25, 0.3) is 0 Å². The third kappa shape index (κ3) is 4.22. The first-order chi connectivity index (χ1) is 8.19. The standard InChI is InChI=1S/C15H23NO/c1-4-5-6-7-15(16-17)14-10-8-13(9-11-14)12(2)3/h8-12,17H,4-7H2,1-3H3/b16-15+. The minimum atomic E-state index is 0.540. The highest BCUT2D eigenvalue weighted by Crippen LogP contribution is 2.16. The molecule has 1 rings (SSSR count). The van der Waals surface area contributed by atoms with Gasteiger partial charge in [-0.2, -0.15) is 0 Å². The molecule has 17 heavy (non-hydrogen) atoms. The molecule has 0 saturated carbocycles. The first kappa shape index (κ1) is 13.8. The van der Waals surface area contributed by atoms with Gasteiger partial charge in [0, 0.05) is 0 Å². The van der Waals surface area contributed by atoms with Crippen LogP contribution < -0.4 is 0 Å². The van der Waals surface area contributed by atoms with Gasteiger partial charge in [-0.3, -0.25) is 0 Å². The van der Waals surface area contributed by atoms with Crippen LogP contribution in [0, 0.1) is 0 Å². The SMILES string of the molecule is CCCCC/C(=N\O)c1ccc(C(C)C)cc1. The lowest BCUT2D eigenvalue weighted by Crippen LogP contribution is -2.01. The van der Waals surface area contributed by atoms with Gasteiger partial charge in [0.05, 0.1) is 5.71 Å². The van der Waals surface area contributed by atoms with Crippen LogP contribution in [0.15, 0.2) is 29.4 Å². The summed E-state index contributed by atoms with van der Waals surface area (Å²) >= 11 is 0. The highest BCUT2D eigenvalue weighted by molar-refractivity contribution is 6.00. The van der Waals surface area contributed by atoms with Crippen molar-refractivity contribution in [3.8, 4) is 0 Å². The number of benzene rings is 1. The second kappa shape index (κ2) is 7.10. The Hall–Kier alpha value is -1.31. The molecule has 0 aliphatic carbocycles. The van der Waals surface area contributed by atoms with Gasteiger partial charge in [-0.1, -0.05) is 63.0 Å². The molecule has 1 aromatic rings. The zero-order chi connectivity index (χ0) is 12.7. The predicted octanol–water partition coefficient (Wildman–Crippen LogP) is 4.57. The summed E-state index contributed by atoms with van der Waals surface area (Å²) in [7, 11) is 0. The van der Waals surface area contributed by atoms with Gasteiger partial charge in [0.15, 0.2) is 0 Å². The van der Waals surface area contributed by atoms with Crippen LogP contribution in [0.5, 0.6) is 0 Å². The van der Waals surface area contributed by atoms with Crippen molar-refractivity contribution in [2.45, 2.75) is 52.4 Å². The molecular formula is C15H23NO. The first-order valence-corrected chi connectivity index (χ1v) is 6.50. The molecule has 0 atom stereocenters. The highest BCUT2D eigenvalue weighted by Gasteiger charge is 2.05. The van der Waals surface area contributed by atoms with Crippen molar-refractivity contribution < 1.29 is 5.21 Å². The Morgan fingerprint density at radius 3 is 2.29 bits per heavy atom. The summed E-state index contributed by atoms with van der Waals surface area (Å²) in [5, 5.41) is 12.5. The Morgan fingerprint density at radius 2 is 1.82 bits per heavy atom. The molecule has 0 bridgehead atoms. The minimum Gasteiger partial charge on any atom is -0.411 e. The van der Waals surface area contributed by atoms with Gasteiger partial charge in [0.25, 0.3) is 0 Å². The summed E-state index contributed by atoms with van der Waals surface area (Å²) in [6.07, 6.45) is 4.31. The van der Waals surface area contributed by atoms with Gasteiger partial charge < -0.3 is 5.21 Å². The summed E-state index contributed by atoms with van der Waals surface area (Å²) in [4.78, 5) is 0. The average molecular weight is 233 g/mol. The molecule has 1 aromatic carbocycles. The average Bonchev–Trinajstić information content (AvgIpc) is 2.35. The molecule has 2 heteroatoms. The van der Waals surface area contributed by atoms with E-state index in [1.165, 1.54) is 18.4 Å². The quantitative estimate of drug-likeness (QED) is 0.332. The monoisotopic (exact) mass is 233 g/mol. The van der Waals surface area contributed by atoms with E-state index in [4.69, 9.17) is 5.21 Å². The number of nitrogens with zero attached hydrogens (tertiary/aromatic N) is 1. The first-order valence-electron chi connectivity index (χ1n) is 6.50. The van der Waals surface area contributed by atoms with E-state index in [2.05, 4.69) is 50.2 Å². The fourth-order valence-electron chi connectivity index (χ4n) is 1.85. The Labute approximate surface area is 104 Å². The van der Waals surface area contributed by atoms with E-state index in [1.807, 2.05) is 0 Å². The number of oxime groups is 1. The van der Waals surface area contributed by atoms with Crippen molar-refractivity contribution in [3.63, 3.8) is 0 Å². The third-order valence-corrected chi connectivity index (χ3v) is 3.05. The van der Waals surface area contributed by atoms with Crippen molar-refractivity contribution in [2.75, 3.05) is 0 Å². The van der Waals surface area contributed by atoms with Crippen LogP contribution in [0.2, 0.25) is 0 Å².